The molecule has 6 atom stereocenters. The molecule has 2 bridgehead atoms. The van der Waals surface area contributed by atoms with Gasteiger partial charge in [0, 0.05) is 106 Å². The lowest BCUT2D eigenvalue weighted by atomic mass is 9.75. The lowest BCUT2D eigenvalue weighted by Gasteiger charge is -2.58. The summed E-state index contributed by atoms with van der Waals surface area (Å²) < 4.78 is 12.6. The number of aromatic hydroxyl groups is 1. The molecule has 0 radical (unpaired) electrons. The maximum atomic E-state index is 14.5. The van der Waals surface area contributed by atoms with E-state index in [2.05, 4.69) is 79.4 Å². The normalized spacial score (nSPS) is 25.2. The zero-order valence-electron chi connectivity index (χ0n) is 48.9. The van der Waals surface area contributed by atoms with Gasteiger partial charge >= 0.3 is 0 Å². The van der Waals surface area contributed by atoms with Gasteiger partial charge < -0.3 is 55.0 Å². The van der Waals surface area contributed by atoms with Crippen molar-refractivity contribution in [3.05, 3.63) is 102 Å². The van der Waals surface area contributed by atoms with Crippen molar-refractivity contribution >= 4 is 46.2 Å². The van der Waals surface area contributed by atoms with Gasteiger partial charge in [-0.05, 0) is 138 Å². The number of β-amino-alcohol motifs (C(OH)–C–C–N with tert-alkyl or cyclic N) is 1. The number of aryl methyl sites for hydroxylation is 1. The van der Waals surface area contributed by atoms with Gasteiger partial charge in [-0.3, -0.25) is 14.5 Å². The smallest absolute Gasteiger partial charge is 0.243 e. The van der Waals surface area contributed by atoms with Gasteiger partial charge in [-0.2, -0.15) is 0 Å². The molecule has 84 heavy (non-hydrogen) atoms. The number of ether oxygens (including phenoxy) is 1. The summed E-state index contributed by atoms with van der Waals surface area (Å²) in [7, 11) is 0. The molecule has 7 aliphatic rings. The molecule has 6 aromatic rings. The van der Waals surface area contributed by atoms with Gasteiger partial charge in [0.2, 0.25) is 17.7 Å². The number of hydrogen-bond donors (Lipinski definition) is 4. The molecule has 1 spiro atoms. The number of nitrogens with zero attached hydrogens (tertiary/aromatic N) is 11. The van der Waals surface area contributed by atoms with Crippen LogP contribution in [-0.4, -0.2) is 163 Å². The molecule has 10 heterocycles. The minimum Gasteiger partial charge on any atom is -0.507 e. The van der Waals surface area contributed by atoms with Gasteiger partial charge in [0.1, 0.15) is 23.8 Å². The molecule has 2 aromatic carbocycles. The molecular formula is C64H81N13O6S. The first kappa shape index (κ1) is 56.3. The number of anilines is 4. The predicted molar refractivity (Wildman–Crippen MR) is 325 cm³/mol. The molecule has 4 aromatic heterocycles. The van der Waals surface area contributed by atoms with Crippen LogP contribution in [0.25, 0.3) is 21.7 Å². The Kier molecular flexibility index (Phi) is 15.8. The molecule has 20 heteroatoms. The molecular weight excluding hydrogens is 1080 g/mol. The third-order valence-corrected chi connectivity index (χ3v) is 20.9. The molecule has 2 amide bonds. The number of aromatic nitrogens is 5. The topological polar surface area (TPSA) is 219 Å². The number of likely N-dealkylation sites (tertiary alicyclic amines) is 3. The Morgan fingerprint density at radius 2 is 1.60 bits per heavy atom. The Morgan fingerprint density at radius 1 is 0.845 bits per heavy atom. The number of carbonyl (C=O) groups excluding carboxylic acids is 2. The van der Waals surface area contributed by atoms with Crippen molar-refractivity contribution in [2.45, 2.75) is 140 Å². The average molecular weight is 1160 g/mol. The first-order valence-electron chi connectivity index (χ1n) is 30.8. The van der Waals surface area contributed by atoms with Crippen molar-refractivity contribution < 1.29 is 29.1 Å². The number of thiazole rings is 1. The quantitative estimate of drug-likeness (QED) is 0.0675. The third kappa shape index (κ3) is 11.3. The molecule has 13 rings (SSSR count). The standard InChI is InChI=1S/C64H81N13O6S/c1-39(2)59(63(81)76-37-49(78)30-54(76)62(80)68-40(3)44-9-11-45(12-10-44)60-41(4)67-38-84-60)56-32-57(71-83-56)73-24-18-64(19-25-73)20-26-75(64)34-42-16-22-72(23-17-42)33-43-27-50(28-43)82-58-29-46(15-21-66-58)77-47-13-14-48(77)36-74(35-47)53-31-52(69-70-61(53)65)51-7-5-6-8-55(51)79/h5-12,15,21,29,31-32,38-40,42-43,47-50,54,59,78-79H,13-14,16-20,22-28,30,33-37H2,1-4H3,(H2,65,70)(H,68,80)/t40-,43?,47?,48?,49+,50?,54-,59+/m0/s1. The first-order chi connectivity index (χ1) is 40.7. The molecule has 5 N–H and O–H groups in total. The zero-order chi connectivity index (χ0) is 57.8. The predicted octanol–water partition coefficient (Wildman–Crippen LogP) is 8.30. The number of phenols is 1. The number of piperidine rings is 2. The largest absolute Gasteiger partial charge is 0.507 e. The Labute approximate surface area is 496 Å². The first-order valence-corrected chi connectivity index (χ1v) is 31.7. The summed E-state index contributed by atoms with van der Waals surface area (Å²) in [5, 5.41) is 37.6. The van der Waals surface area contributed by atoms with Crippen LogP contribution in [0.4, 0.5) is 23.0 Å². The number of aliphatic hydroxyl groups excluding tert-OH is 1. The maximum Gasteiger partial charge on any atom is 0.243 e. The highest BCUT2D eigenvalue weighted by atomic mass is 32.1. The monoisotopic (exact) mass is 1160 g/mol. The fraction of sp³-hybridized carbons (Fsp3) is 0.547. The number of aliphatic hydroxyl groups is 1. The van der Waals surface area contributed by atoms with E-state index in [1.165, 1.54) is 32.4 Å². The Hall–Kier alpha value is -6.87. The van der Waals surface area contributed by atoms with E-state index in [-0.39, 0.29) is 54.1 Å². The number of para-hydroxylation sites is 1. The number of hydrogen-bond acceptors (Lipinski definition) is 18. The fourth-order valence-electron chi connectivity index (χ4n) is 15.0. The number of piperazine rings is 1. The number of benzene rings is 2. The van der Waals surface area contributed by atoms with E-state index < -0.39 is 18.1 Å². The van der Waals surface area contributed by atoms with Crippen LogP contribution in [0.1, 0.15) is 114 Å². The fourth-order valence-corrected chi connectivity index (χ4v) is 15.8. The summed E-state index contributed by atoms with van der Waals surface area (Å²) in [5.41, 5.74) is 14.8. The molecule has 6 saturated heterocycles. The van der Waals surface area contributed by atoms with Gasteiger partial charge in [-0.15, -0.1) is 21.5 Å². The number of nitrogen functional groups attached to an aromatic ring is 1. The molecule has 1 aliphatic carbocycles. The van der Waals surface area contributed by atoms with Gasteiger partial charge in [0.25, 0.3) is 0 Å². The van der Waals surface area contributed by atoms with Crippen LogP contribution in [0, 0.1) is 24.7 Å². The summed E-state index contributed by atoms with van der Waals surface area (Å²) in [6.45, 7) is 17.2. The number of pyridine rings is 1. The maximum absolute atomic E-state index is 14.5. The lowest BCUT2D eigenvalue weighted by Crippen LogP contribution is -2.65. The number of phenolic OH excluding ortho intramolecular Hbond substituents is 1. The van der Waals surface area contributed by atoms with Crippen molar-refractivity contribution in [2.75, 3.05) is 85.9 Å². The number of fused-ring (bicyclic) bond motifs is 2. The van der Waals surface area contributed by atoms with Crippen LogP contribution < -0.4 is 30.5 Å². The van der Waals surface area contributed by atoms with Crippen molar-refractivity contribution in [1.82, 2.24) is 45.3 Å². The SMILES string of the molecule is Cc1ncsc1-c1ccc([C@H](C)NC(=O)[C@@H]2C[C@@H](O)CN2C(=O)[C@@H](c2cc(N3CCC4(CC3)CCN4CC3CCN(CC4CC(Oc5cc(N6C7CCC6CN(c6cc(-c8ccccc8O)nnc6N)C7)ccn5)C4)CC3)no2)C(C)C)cc1. The number of carbonyl (C=O) groups is 2. The lowest BCUT2D eigenvalue weighted by molar-refractivity contribution is -0.141. The molecule has 2 unspecified atom stereocenters. The minimum absolute atomic E-state index is 0.0916. The second-order valence-corrected chi connectivity index (χ2v) is 26.5. The van der Waals surface area contributed by atoms with Crippen molar-refractivity contribution in [2.24, 2.45) is 17.8 Å². The van der Waals surface area contributed by atoms with Crippen LogP contribution in [-0.2, 0) is 9.59 Å². The second kappa shape index (κ2) is 23.5. The van der Waals surface area contributed by atoms with Crippen LogP contribution >= 0.6 is 11.3 Å². The molecule has 6 aliphatic heterocycles. The van der Waals surface area contributed by atoms with E-state index in [4.69, 9.17) is 15.0 Å². The summed E-state index contributed by atoms with van der Waals surface area (Å²) in [4.78, 5) is 52.8. The Bertz CT molecular complexity index is 3280. The van der Waals surface area contributed by atoms with E-state index >= 15 is 0 Å². The van der Waals surface area contributed by atoms with E-state index in [1.54, 1.807) is 28.4 Å². The van der Waals surface area contributed by atoms with Crippen molar-refractivity contribution in [1.29, 1.82) is 0 Å². The summed E-state index contributed by atoms with van der Waals surface area (Å²) in [5.74, 6) is 2.64. The number of nitrogens with one attached hydrogen (secondary N) is 1. The van der Waals surface area contributed by atoms with Gasteiger partial charge in [-0.25, -0.2) is 9.97 Å². The van der Waals surface area contributed by atoms with Crippen molar-refractivity contribution in [3.63, 3.8) is 0 Å². The minimum atomic E-state index is -0.798. The highest BCUT2D eigenvalue weighted by Crippen LogP contribution is 2.44. The van der Waals surface area contributed by atoms with Crippen LogP contribution in [0.3, 0.4) is 0 Å². The van der Waals surface area contributed by atoms with Crippen LogP contribution in [0.5, 0.6) is 11.6 Å². The van der Waals surface area contributed by atoms with E-state index in [0.717, 1.165) is 123 Å². The number of nitrogens with two attached hydrogens (primary N) is 1. The van der Waals surface area contributed by atoms with E-state index in [1.807, 2.05) is 75.8 Å². The van der Waals surface area contributed by atoms with Crippen LogP contribution in [0.2, 0.25) is 0 Å². The summed E-state index contributed by atoms with van der Waals surface area (Å²) in [6.07, 6.45) is 11.7. The van der Waals surface area contributed by atoms with Gasteiger partial charge in [0.05, 0.1) is 39.6 Å². The molecule has 444 valence electrons. The summed E-state index contributed by atoms with van der Waals surface area (Å²) in [6, 6.07) is 23.0. The summed E-state index contributed by atoms with van der Waals surface area (Å²) >= 11 is 1.61. The van der Waals surface area contributed by atoms with Gasteiger partial charge in [-0.1, -0.05) is 55.4 Å². The van der Waals surface area contributed by atoms with E-state index in [9.17, 15) is 19.8 Å². The zero-order valence-corrected chi connectivity index (χ0v) is 49.7. The Morgan fingerprint density at radius 3 is 2.30 bits per heavy atom. The highest BCUT2D eigenvalue weighted by molar-refractivity contribution is 7.13. The van der Waals surface area contributed by atoms with Crippen LogP contribution in [0.15, 0.2) is 89.0 Å². The third-order valence-electron chi connectivity index (χ3n) is 19.9. The molecule has 19 nitrogen and oxygen atoms in total. The van der Waals surface area contributed by atoms with Gasteiger partial charge in [0.15, 0.2) is 17.4 Å². The Balaban J connectivity index is 0.541. The van der Waals surface area contributed by atoms with Crippen molar-refractivity contribution in [3.8, 4) is 33.3 Å². The second-order valence-electron chi connectivity index (χ2n) is 25.6. The average Bonchev–Trinajstić information content (AvgIpc) is 3.53. The number of amides is 2. The molecule has 1 saturated carbocycles. The molecule has 7 fully saturated rings. The van der Waals surface area contributed by atoms with E-state index in [0.29, 0.717) is 52.6 Å². The highest BCUT2D eigenvalue weighted by Gasteiger charge is 2.49. The number of rotatable bonds is 17.